The summed E-state index contributed by atoms with van der Waals surface area (Å²) < 4.78 is 3.48. The van der Waals surface area contributed by atoms with Gasteiger partial charge in [0.25, 0.3) is 5.91 Å². The first-order valence-corrected chi connectivity index (χ1v) is 9.85. The van der Waals surface area contributed by atoms with Gasteiger partial charge in [0.2, 0.25) is 5.65 Å². The molecule has 0 bridgehead atoms. The second-order valence-electron chi connectivity index (χ2n) is 6.73. The van der Waals surface area contributed by atoms with Crippen molar-refractivity contribution in [3.8, 4) is 10.6 Å². The van der Waals surface area contributed by atoms with E-state index in [0.717, 1.165) is 35.0 Å². The van der Waals surface area contributed by atoms with Crippen molar-refractivity contribution < 1.29 is 4.79 Å². The Morgan fingerprint density at radius 3 is 3.18 bits per heavy atom. The molecule has 1 N–H and O–H groups in total. The molecule has 5 rings (SSSR count). The first-order valence-electron chi connectivity index (χ1n) is 8.97. The molecule has 1 saturated heterocycles. The van der Waals surface area contributed by atoms with Gasteiger partial charge in [-0.2, -0.15) is 5.10 Å². The highest BCUT2D eigenvalue weighted by atomic mass is 32.1. The predicted molar refractivity (Wildman–Crippen MR) is 105 cm³/mol. The maximum Gasteiger partial charge on any atom is 0.269 e. The first-order chi connectivity index (χ1) is 13.7. The number of thiophene rings is 1. The van der Waals surface area contributed by atoms with Crippen LogP contribution in [-0.4, -0.2) is 54.4 Å². The number of fused-ring (bicyclic) bond motifs is 1. The van der Waals surface area contributed by atoms with Crippen molar-refractivity contribution >= 4 is 28.7 Å². The number of aromatic nitrogens is 6. The van der Waals surface area contributed by atoms with Crippen molar-refractivity contribution in [1.82, 2.24) is 34.7 Å². The molecule has 0 aromatic carbocycles. The molecule has 1 aliphatic rings. The predicted octanol–water partition coefficient (Wildman–Crippen LogP) is 1.59. The molecule has 1 amide bonds. The Morgan fingerprint density at radius 1 is 1.39 bits per heavy atom. The summed E-state index contributed by atoms with van der Waals surface area (Å²) in [5.41, 5.74) is 2.10. The fourth-order valence-corrected chi connectivity index (χ4v) is 4.20. The van der Waals surface area contributed by atoms with Crippen LogP contribution in [0.15, 0.2) is 42.3 Å². The largest absolute Gasteiger partial charge is 0.351 e. The second kappa shape index (κ2) is 6.71. The van der Waals surface area contributed by atoms with Crippen molar-refractivity contribution in [2.45, 2.75) is 12.5 Å². The van der Waals surface area contributed by atoms with Crippen LogP contribution >= 0.6 is 11.3 Å². The molecule has 0 saturated carbocycles. The van der Waals surface area contributed by atoms with Gasteiger partial charge in [-0.05, 0) is 23.9 Å². The molecule has 28 heavy (non-hydrogen) atoms. The van der Waals surface area contributed by atoms with E-state index in [4.69, 9.17) is 0 Å². The maximum atomic E-state index is 12.8. The number of carbonyl (C=O) groups is 1. The highest BCUT2D eigenvalue weighted by molar-refractivity contribution is 7.13. The third kappa shape index (κ3) is 2.91. The molecule has 0 aliphatic carbocycles. The maximum absolute atomic E-state index is 12.8. The molecule has 1 aliphatic heterocycles. The molecular weight excluding hydrogens is 376 g/mol. The van der Waals surface area contributed by atoms with Gasteiger partial charge in [-0.3, -0.25) is 13.9 Å². The van der Waals surface area contributed by atoms with E-state index in [2.05, 4.69) is 30.5 Å². The van der Waals surface area contributed by atoms with Gasteiger partial charge in [-0.15, -0.1) is 21.5 Å². The van der Waals surface area contributed by atoms with Gasteiger partial charge in [-0.1, -0.05) is 6.07 Å². The molecule has 0 radical (unpaired) electrons. The van der Waals surface area contributed by atoms with Crippen LogP contribution in [0.1, 0.15) is 16.9 Å². The number of hydrogen-bond acceptors (Lipinski definition) is 7. The summed E-state index contributed by atoms with van der Waals surface area (Å²) in [6.45, 7) is 1.48. The molecular formula is C18H18N8OS. The average Bonchev–Trinajstić information content (AvgIpc) is 3.47. The van der Waals surface area contributed by atoms with Crippen LogP contribution in [0.4, 0.5) is 5.82 Å². The monoisotopic (exact) mass is 394 g/mol. The van der Waals surface area contributed by atoms with Gasteiger partial charge in [0, 0.05) is 38.6 Å². The Morgan fingerprint density at radius 2 is 2.32 bits per heavy atom. The number of carbonyl (C=O) groups excluding carboxylic acids is 1. The minimum Gasteiger partial charge on any atom is -0.351 e. The minimum atomic E-state index is -0.113. The lowest BCUT2D eigenvalue weighted by molar-refractivity contribution is 0.0931. The highest BCUT2D eigenvalue weighted by Gasteiger charge is 2.28. The van der Waals surface area contributed by atoms with Crippen LogP contribution in [0, 0.1) is 0 Å². The Labute approximate surface area is 164 Å². The third-order valence-electron chi connectivity index (χ3n) is 4.91. The summed E-state index contributed by atoms with van der Waals surface area (Å²) in [5.74, 6) is 0.676. The lowest BCUT2D eigenvalue weighted by Gasteiger charge is -2.18. The number of amides is 1. The molecule has 4 aromatic rings. The lowest BCUT2D eigenvalue weighted by Crippen LogP contribution is -2.38. The zero-order valence-electron chi connectivity index (χ0n) is 15.2. The molecule has 1 atom stereocenters. The number of nitrogens with zero attached hydrogens (tertiary/aromatic N) is 7. The molecule has 9 nitrogen and oxygen atoms in total. The Hall–Kier alpha value is -3.27. The van der Waals surface area contributed by atoms with Crippen molar-refractivity contribution in [2.24, 2.45) is 7.05 Å². The van der Waals surface area contributed by atoms with E-state index in [1.165, 1.54) is 0 Å². The molecule has 0 spiro atoms. The van der Waals surface area contributed by atoms with Crippen LogP contribution in [0.25, 0.3) is 16.2 Å². The molecule has 4 aromatic heterocycles. The van der Waals surface area contributed by atoms with Gasteiger partial charge in [0.05, 0.1) is 4.88 Å². The summed E-state index contributed by atoms with van der Waals surface area (Å²) in [5, 5.41) is 17.7. The third-order valence-corrected chi connectivity index (χ3v) is 5.80. The highest BCUT2D eigenvalue weighted by Crippen LogP contribution is 2.25. The number of rotatable bonds is 4. The summed E-state index contributed by atoms with van der Waals surface area (Å²) in [7, 11) is 1.79. The average molecular weight is 394 g/mol. The van der Waals surface area contributed by atoms with Crippen molar-refractivity contribution in [3.63, 3.8) is 0 Å². The van der Waals surface area contributed by atoms with Gasteiger partial charge >= 0.3 is 0 Å². The molecule has 10 heteroatoms. The SMILES string of the molecule is Cn1nc(-c2cccs2)cc1C(=O)N[C@@H]1CCN(c2nccn3cnnc23)C1. The quantitative estimate of drug-likeness (QED) is 0.565. The smallest absolute Gasteiger partial charge is 0.269 e. The van der Waals surface area contributed by atoms with E-state index in [0.29, 0.717) is 12.2 Å². The van der Waals surface area contributed by atoms with Gasteiger partial charge in [0.1, 0.15) is 17.7 Å². The summed E-state index contributed by atoms with van der Waals surface area (Å²) >= 11 is 1.61. The second-order valence-corrected chi connectivity index (χ2v) is 7.68. The zero-order chi connectivity index (χ0) is 19.1. The lowest BCUT2D eigenvalue weighted by atomic mass is 10.2. The summed E-state index contributed by atoms with van der Waals surface area (Å²) in [6.07, 6.45) is 6.06. The summed E-state index contributed by atoms with van der Waals surface area (Å²) in [4.78, 5) is 20.4. The zero-order valence-corrected chi connectivity index (χ0v) is 16.0. The molecule has 1 fully saturated rings. The molecule has 5 heterocycles. The van der Waals surface area contributed by atoms with E-state index >= 15 is 0 Å². The Kier molecular flexibility index (Phi) is 4.05. The standard InChI is InChI=1S/C18H18N8OS/c1-24-14(9-13(23-24)15-3-2-8-28-15)18(27)21-12-4-6-25(10-12)16-17-22-20-11-26(17)7-5-19-16/h2-3,5,7-9,11-12H,4,6,10H2,1H3,(H,21,27)/t12-/m1/s1. The minimum absolute atomic E-state index is 0.0394. The first kappa shape index (κ1) is 16.9. The number of hydrogen-bond donors (Lipinski definition) is 1. The molecule has 142 valence electrons. The number of aryl methyl sites for hydroxylation is 1. The van der Waals surface area contributed by atoms with Gasteiger partial charge < -0.3 is 10.2 Å². The van der Waals surface area contributed by atoms with Crippen LogP contribution in [0.2, 0.25) is 0 Å². The Balaban J connectivity index is 1.30. The molecule has 0 unspecified atom stereocenters. The van der Waals surface area contributed by atoms with Crippen molar-refractivity contribution in [3.05, 3.63) is 48.0 Å². The fraction of sp³-hybridized carbons (Fsp3) is 0.278. The van der Waals surface area contributed by atoms with Crippen molar-refractivity contribution in [1.29, 1.82) is 0 Å². The van der Waals surface area contributed by atoms with Crippen LogP contribution in [-0.2, 0) is 7.05 Å². The van der Waals surface area contributed by atoms with Crippen molar-refractivity contribution in [2.75, 3.05) is 18.0 Å². The Bertz CT molecular complexity index is 1130. The number of nitrogens with one attached hydrogen (secondary N) is 1. The van der Waals surface area contributed by atoms with E-state index < -0.39 is 0 Å². The topological polar surface area (TPSA) is 93.2 Å². The number of anilines is 1. The van der Waals surface area contributed by atoms with E-state index in [1.54, 1.807) is 35.6 Å². The van der Waals surface area contributed by atoms with Gasteiger partial charge in [-0.25, -0.2) is 4.98 Å². The van der Waals surface area contributed by atoms with Gasteiger partial charge in [0.15, 0.2) is 5.82 Å². The van der Waals surface area contributed by atoms with E-state index in [1.807, 2.05) is 34.2 Å². The van der Waals surface area contributed by atoms with Crippen LogP contribution in [0.3, 0.4) is 0 Å². The fourth-order valence-electron chi connectivity index (χ4n) is 3.52. The van der Waals surface area contributed by atoms with E-state index in [-0.39, 0.29) is 11.9 Å². The van der Waals surface area contributed by atoms with Crippen LogP contribution < -0.4 is 10.2 Å². The summed E-state index contributed by atoms with van der Waals surface area (Å²) in [6, 6.07) is 5.86. The normalized spacial score (nSPS) is 16.8. The van der Waals surface area contributed by atoms with Crippen LogP contribution in [0.5, 0.6) is 0 Å². The van der Waals surface area contributed by atoms with E-state index in [9.17, 15) is 4.79 Å².